The molecule has 1 rings (SSSR count). The number of carboxylic acids is 1. The largest absolute Gasteiger partial charge is 0.479 e. The van der Waals surface area contributed by atoms with E-state index < -0.39 is 30.3 Å². The molecule has 0 aromatic rings. The number of aliphatic carboxylic acids is 1. The Labute approximate surface area is 97.6 Å². The fourth-order valence-corrected chi connectivity index (χ4v) is 2.12. The van der Waals surface area contributed by atoms with Crippen LogP contribution >= 0.6 is 7.60 Å². The zero-order chi connectivity index (χ0) is 13.6. The van der Waals surface area contributed by atoms with Crippen molar-refractivity contribution in [3.63, 3.8) is 0 Å². The van der Waals surface area contributed by atoms with Crippen LogP contribution in [-0.4, -0.2) is 49.0 Å². The Morgan fingerprint density at radius 3 is 2.29 bits per heavy atom. The molecule has 17 heavy (non-hydrogen) atoms. The number of likely N-dealkylation sites (tertiary alicyclic amines) is 1. The average Bonchev–Trinajstić information content (AvgIpc) is 2.43. The van der Waals surface area contributed by atoms with Crippen molar-refractivity contribution in [2.24, 2.45) is 5.73 Å². The van der Waals surface area contributed by atoms with Gasteiger partial charge >= 0.3 is 13.6 Å². The van der Waals surface area contributed by atoms with E-state index >= 15 is 0 Å². The van der Waals surface area contributed by atoms with Gasteiger partial charge in [0.1, 0.15) is 5.28 Å². The van der Waals surface area contributed by atoms with Crippen LogP contribution in [-0.2, 0) is 14.2 Å². The van der Waals surface area contributed by atoms with Gasteiger partial charge in [0.15, 0.2) is 5.54 Å². The van der Waals surface area contributed by atoms with E-state index in [-0.39, 0.29) is 13.0 Å². The summed E-state index contributed by atoms with van der Waals surface area (Å²) in [6.07, 6.45) is -0.176. The number of rotatable bonds is 3. The van der Waals surface area contributed by atoms with Crippen molar-refractivity contribution in [2.45, 2.75) is 31.1 Å². The van der Waals surface area contributed by atoms with Gasteiger partial charge in [0, 0.05) is 13.0 Å². The normalized spacial score (nSPS) is 26.4. The molecule has 0 spiro atoms. The van der Waals surface area contributed by atoms with Crippen molar-refractivity contribution in [1.82, 2.24) is 4.90 Å². The summed E-state index contributed by atoms with van der Waals surface area (Å²) in [5, 5.41) is 7.10. The molecule has 1 saturated heterocycles. The topological polar surface area (TPSA) is 141 Å². The van der Waals surface area contributed by atoms with Crippen LogP contribution in [0.1, 0.15) is 20.3 Å². The van der Waals surface area contributed by atoms with Crippen molar-refractivity contribution in [3.05, 3.63) is 0 Å². The Balaban J connectivity index is 3.12. The van der Waals surface area contributed by atoms with Crippen LogP contribution in [0.4, 0.5) is 0 Å². The second-order valence-corrected chi connectivity index (χ2v) is 6.70. The Morgan fingerprint density at radius 1 is 1.53 bits per heavy atom. The van der Waals surface area contributed by atoms with E-state index in [1.807, 2.05) is 0 Å². The van der Waals surface area contributed by atoms with E-state index in [4.69, 9.17) is 20.6 Å². The van der Waals surface area contributed by atoms with Gasteiger partial charge in [-0.3, -0.25) is 9.36 Å². The average molecular weight is 266 g/mol. The molecule has 1 heterocycles. The first-order valence-corrected chi connectivity index (χ1v) is 6.46. The number of carboxylic acid groups (broad SMARTS) is 1. The molecule has 0 aromatic heterocycles. The molecule has 5 N–H and O–H groups in total. The van der Waals surface area contributed by atoms with Crippen LogP contribution in [0.5, 0.6) is 0 Å². The van der Waals surface area contributed by atoms with Gasteiger partial charge in [0.2, 0.25) is 0 Å². The van der Waals surface area contributed by atoms with E-state index in [9.17, 15) is 14.2 Å². The third kappa shape index (κ3) is 1.97. The molecule has 98 valence electrons. The van der Waals surface area contributed by atoms with Crippen molar-refractivity contribution in [2.75, 3.05) is 6.54 Å². The molecule has 0 radical (unpaired) electrons. The van der Waals surface area contributed by atoms with Gasteiger partial charge < -0.3 is 25.5 Å². The van der Waals surface area contributed by atoms with E-state index in [0.29, 0.717) is 0 Å². The second-order valence-electron chi connectivity index (χ2n) is 4.52. The number of nitrogens with zero attached hydrogens (tertiary/aromatic N) is 1. The predicted molar refractivity (Wildman–Crippen MR) is 57.0 cm³/mol. The highest BCUT2D eigenvalue weighted by atomic mass is 31.2. The van der Waals surface area contributed by atoms with E-state index in [2.05, 4.69) is 0 Å². The lowest BCUT2D eigenvalue weighted by atomic mass is 10.00. The summed E-state index contributed by atoms with van der Waals surface area (Å²) in [4.78, 5) is 41.9. The Morgan fingerprint density at radius 2 is 2.00 bits per heavy atom. The zero-order valence-electron chi connectivity index (χ0n) is 9.45. The lowest BCUT2D eigenvalue weighted by molar-refractivity contribution is -0.150. The highest BCUT2D eigenvalue weighted by molar-refractivity contribution is 7.53. The molecule has 0 bridgehead atoms. The maximum Gasteiger partial charge on any atom is 0.350 e. The molecule has 1 amide bonds. The summed E-state index contributed by atoms with van der Waals surface area (Å²) in [6, 6.07) is 0. The number of carbonyl (C=O) groups is 2. The van der Waals surface area contributed by atoms with Crippen LogP contribution < -0.4 is 5.73 Å². The lowest BCUT2D eigenvalue weighted by Gasteiger charge is -2.36. The number of amides is 1. The molecule has 1 atom stereocenters. The molecule has 1 aliphatic heterocycles. The predicted octanol–water partition coefficient (Wildman–Crippen LogP) is -1.09. The molecule has 0 aliphatic carbocycles. The van der Waals surface area contributed by atoms with Crippen molar-refractivity contribution >= 4 is 19.5 Å². The van der Waals surface area contributed by atoms with Crippen LogP contribution in [0.15, 0.2) is 0 Å². The Kier molecular flexibility index (Phi) is 3.13. The molecule has 1 aliphatic rings. The quantitative estimate of drug-likeness (QED) is 0.376. The molecular weight excluding hydrogens is 251 g/mol. The van der Waals surface area contributed by atoms with Gasteiger partial charge in [-0.2, -0.15) is 0 Å². The van der Waals surface area contributed by atoms with E-state index in [0.717, 1.165) is 4.90 Å². The van der Waals surface area contributed by atoms with Gasteiger partial charge in [-0.05, 0) is 13.8 Å². The molecule has 0 aromatic carbocycles. The van der Waals surface area contributed by atoms with Crippen LogP contribution in [0, 0.1) is 0 Å². The summed E-state index contributed by atoms with van der Waals surface area (Å²) >= 11 is 0. The van der Waals surface area contributed by atoms with Gasteiger partial charge in [0.25, 0.3) is 5.91 Å². The van der Waals surface area contributed by atoms with Crippen LogP contribution in [0.25, 0.3) is 0 Å². The molecule has 1 unspecified atom stereocenters. The van der Waals surface area contributed by atoms with Crippen molar-refractivity contribution in [3.8, 4) is 0 Å². The maximum atomic E-state index is 11.8. The summed E-state index contributed by atoms with van der Waals surface area (Å²) in [6.45, 7) is 2.26. The lowest BCUT2D eigenvalue weighted by Crippen LogP contribution is -2.57. The molecule has 0 saturated carbocycles. The van der Waals surface area contributed by atoms with Crippen molar-refractivity contribution in [1.29, 1.82) is 0 Å². The summed E-state index contributed by atoms with van der Waals surface area (Å²) in [5.41, 5.74) is 3.34. The Hall–Kier alpha value is -0.950. The highest BCUT2D eigenvalue weighted by Gasteiger charge is 2.57. The fraction of sp³-hybridized carbons (Fsp3) is 0.750. The van der Waals surface area contributed by atoms with Gasteiger partial charge in [-0.25, -0.2) is 4.79 Å². The summed E-state index contributed by atoms with van der Waals surface area (Å²) < 4.78 is 11.3. The standard InChI is InChI=1S/C8H15N2O6P/c1-7(2,17(14,15)16)10-4-3-8(9,5(10)11)6(12)13/h3-4,9H2,1-2H3,(H,12,13)(H2,14,15,16). The highest BCUT2D eigenvalue weighted by Crippen LogP contribution is 2.53. The first-order chi connectivity index (χ1) is 7.44. The fourth-order valence-electron chi connectivity index (χ4n) is 1.62. The van der Waals surface area contributed by atoms with Crippen LogP contribution in [0.3, 0.4) is 0 Å². The number of carbonyl (C=O) groups excluding carboxylic acids is 1. The first-order valence-electron chi connectivity index (χ1n) is 4.84. The first kappa shape index (κ1) is 14.1. The molecule has 8 nitrogen and oxygen atoms in total. The van der Waals surface area contributed by atoms with E-state index in [1.165, 1.54) is 13.8 Å². The maximum absolute atomic E-state index is 11.8. The van der Waals surface area contributed by atoms with Crippen molar-refractivity contribution < 1.29 is 29.0 Å². The zero-order valence-corrected chi connectivity index (χ0v) is 10.3. The molecular formula is C8H15N2O6P. The van der Waals surface area contributed by atoms with Crippen LogP contribution in [0.2, 0.25) is 0 Å². The van der Waals surface area contributed by atoms with E-state index in [1.54, 1.807) is 0 Å². The Bertz CT molecular complexity index is 416. The molecule has 9 heteroatoms. The van der Waals surface area contributed by atoms with Gasteiger partial charge in [-0.15, -0.1) is 0 Å². The van der Waals surface area contributed by atoms with Gasteiger partial charge in [0.05, 0.1) is 0 Å². The third-order valence-corrected chi connectivity index (χ3v) is 4.78. The molecule has 1 fully saturated rings. The smallest absolute Gasteiger partial charge is 0.350 e. The minimum absolute atomic E-state index is 0.0975. The second kappa shape index (κ2) is 3.78. The number of hydrogen-bond acceptors (Lipinski definition) is 4. The minimum atomic E-state index is -4.59. The summed E-state index contributed by atoms with van der Waals surface area (Å²) in [7, 11) is -4.59. The number of hydrogen-bond donors (Lipinski definition) is 4. The third-order valence-electron chi connectivity index (χ3n) is 3.11. The SMILES string of the molecule is CC(C)(N1CCC(N)(C(=O)O)C1=O)P(=O)(O)O. The minimum Gasteiger partial charge on any atom is -0.479 e. The van der Waals surface area contributed by atoms with Gasteiger partial charge in [-0.1, -0.05) is 0 Å². The monoisotopic (exact) mass is 266 g/mol. The summed E-state index contributed by atoms with van der Waals surface area (Å²) in [5.74, 6) is -2.47. The number of nitrogens with two attached hydrogens (primary N) is 1.